The van der Waals surface area contributed by atoms with Crippen molar-refractivity contribution in [3.8, 4) is 22.6 Å². The zero-order valence-corrected chi connectivity index (χ0v) is 24.8. The number of unbranched alkanes of at least 4 members (excludes halogenated alkanes) is 5. The van der Waals surface area contributed by atoms with Gasteiger partial charge in [-0.05, 0) is 81.9 Å². The molecular weight excluding hydrogens is 556 g/mol. The molecule has 0 heterocycles. The molecule has 0 aliphatic rings. The van der Waals surface area contributed by atoms with Crippen LogP contribution in [0.25, 0.3) is 11.1 Å². The lowest BCUT2D eigenvalue weighted by Gasteiger charge is -2.11. The van der Waals surface area contributed by atoms with Crippen LogP contribution in [0.4, 0.5) is 0 Å². The minimum atomic E-state index is -0.479. The largest absolute Gasteiger partial charge is 0.494 e. The summed E-state index contributed by atoms with van der Waals surface area (Å²) in [6, 6.07) is 20.1. The van der Waals surface area contributed by atoms with Crippen LogP contribution in [-0.4, -0.2) is 25.2 Å². The lowest BCUT2D eigenvalue weighted by Crippen LogP contribution is -2.12. The molecule has 0 saturated carbocycles. The molecule has 0 radical (unpaired) electrons. The number of carbonyl (C=O) groups excluding carboxylic acids is 2. The number of ether oxygens (including phenoxy) is 3. The summed E-state index contributed by atoms with van der Waals surface area (Å²) in [6.07, 6.45) is 8.39. The van der Waals surface area contributed by atoms with E-state index >= 15 is 0 Å². The summed E-state index contributed by atoms with van der Waals surface area (Å²) in [5.41, 5.74) is 2.87. The van der Waals surface area contributed by atoms with Gasteiger partial charge in [-0.25, -0.2) is 9.59 Å². The predicted octanol–water partition coefficient (Wildman–Crippen LogP) is 9.28. The smallest absolute Gasteiger partial charge is 0.343 e. The van der Waals surface area contributed by atoms with Crippen LogP contribution in [0, 0.1) is 5.92 Å². The number of carbonyl (C=O) groups is 2. The van der Waals surface area contributed by atoms with E-state index in [4.69, 9.17) is 14.2 Å². The zero-order valence-electron chi connectivity index (χ0n) is 23.2. The first-order valence-corrected chi connectivity index (χ1v) is 14.7. The molecule has 208 valence electrons. The number of esters is 2. The van der Waals surface area contributed by atoms with Gasteiger partial charge in [0.2, 0.25) is 0 Å². The fraction of sp³-hybridized carbons (Fsp3) is 0.394. The summed E-state index contributed by atoms with van der Waals surface area (Å²) >= 11 is 3.40. The Hall–Kier alpha value is -3.12. The van der Waals surface area contributed by atoms with Crippen LogP contribution in [0.1, 0.15) is 86.4 Å². The maximum Gasteiger partial charge on any atom is 0.343 e. The monoisotopic (exact) mass is 594 g/mol. The van der Waals surface area contributed by atoms with Gasteiger partial charge in [-0.2, -0.15) is 0 Å². The molecule has 3 aromatic rings. The summed E-state index contributed by atoms with van der Waals surface area (Å²) < 4.78 is 17.3. The minimum Gasteiger partial charge on any atom is -0.494 e. The molecule has 0 bridgehead atoms. The van der Waals surface area contributed by atoms with Crippen molar-refractivity contribution < 1.29 is 23.8 Å². The highest BCUT2D eigenvalue weighted by molar-refractivity contribution is 9.10. The highest BCUT2D eigenvalue weighted by Crippen LogP contribution is 2.28. The van der Waals surface area contributed by atoms with Crippen molar-refractivity contribution >= 4 is 27.9 Å². The van der Waals surface area contributed by atoms with Gasteiger partial charge >= 0.3 is 11.9 Å². The molecule has 0 aliphatic heterocycles. The third-order valence-corrected chi connectivity index (χ3v) is 7.26. The molecule has 0 aromatic heterocycles. The molecule has 1 atom stereocenters. The second kappa shape index (κ2) is 16.1. The van der Waals surface area contributed by atoms with E-state index in [2.05, 4.69) is 29.8 Å². The first kappa shape index (κ1) is 30.4. The fourth-order valence-corrected chi connectivity index (χ4v) is 4.36. The molecule has 0 N–H and O–H groups in total. The predicted molar refractivity (Wildman–Crippen MR) is 160 cm³/mol. The van der Waals surface area contributed by atoms with Gasteiger partial charge in [-0.1, -0.05) is 83.6 Å². The van der Waals surface area contributed by atoms with Gasteiger partial charge in [0.25, 0.3) is 0 Å². The Labute approximate surface area is 241 Å². The molecule has 0 amide bonds. The van der Waals surface area contributed by atoms with E-state index in [1.54, 1.807) is 30.3 Å². The minimum absolute atomic E-state index is 0.303. The highest BCUT2D eigenvalue weighted by atomic mass is 79.9. The van der Waals surface area contributed by atoms with Gasteiger partial charge < -0.3 is 14.2 Å². The topological polar surface area (TPSA) is 61.8 Å². The van der Waals surface area contributed by atoms with Gasteiger partial charge in [0.15, 0.2) is 0 Å². The Balaban J connectivity index is 1.51. The number of hydrogen-bond donors (Lipinski definition) is 0. The van der Waals surface area contributed by atoms with Crippen LogP contribution in [0.5, 0.6) is 11.5 Å². The van der Waals surface area contributed by atoms with Crippen molar-refractivity contribution in [3.05, 3.63) is 82.3 Å². The Bertz CT molecular complexity index is 1190. The van der Waals surface area contributed by atoms with Crippen LogP contribution in [0.3, 0.4) is 0 Å². The molecule has 3 aromatic carbocycles. The average molecular weight is 596 g/mol. The van der Waals surface area contributed by atoms with Gasteiger partial charge in [0.1, 0.15) is 11.5 Å². The second-order valence-corrected chi connectivity index (χ2v) is 10.7. The van der Waals surface area contributed by atoms with Crippen LogP contribution in [0.15, 0.2) is 71.2 Å². The molecule has 0 fully saturated rings. The molecule has 0 spiro atoms. The lowest BCUT2D eigenvalue weighted by atomic mass is 10.0. The summed E-state index contributed by atoms with van der Waals surface area (Å²) in [4.78, 5) is 25.0. The molecule has 0 aliphatic carbocycles. The molecule has 5 nitrogen and oxygen atoms in total. The molecular formula is C33H39BrO5. The van der Waals surface area contributed by atoms with Crippen molar-refractivity contribution in [2.45, 2.75) is 65.7 Å². The van der Waals surface area contributed by atoms with E-state index in [0.717, 1.165) is 36.3 Å². The van der Waals surface area contributed by atoms with E-state index in [9.17, 15) is 9.59 Å². The van der Waals surface area contributed by atoms with Crippen molar-refractivity contribution in [2.75, 3.05) is 13.2 Å². The van der Waals surface area contributed by atoms with Crippen LogP contribution in [-0.2, 0) is 4.74 Å². The first-order chi connectivity index (χ1) is 18.9. The fourth-order valence-electron chi connectivity index (χ4n) is 3.90. The molecule has 6 heteroatoms. The second-order valence-electron chi connectivity index (χ2n) is 9.86. The number of halogens is 1. The summed E-state index contributed by atoms with van der Waals surface area (Å²) in [6.45, 7) is 7.42. The molecule has 0 unspecified atom stereocenters. The first-order valence-electron chi connectivity index (χ1n) is 13.9. The summed E-state index contributed by atoms with van der Waals surface area (Å²) in [7, 11) is 0. The van der Waals surface area contributed by atoms with Crippen molar-refractivity contribution in [1.29, 1.82) is 0 Å². The van der Waals surface area contributed by atoms with E-state index in [0.29, 0.717) is 33.9 Å². The van der Waals surface area contributed by atoms with E-state index in [1.807, 2.05) is 43.3 Å². The third-order valence-electron chi connectivity index (χ3n) is 6.64. The Morgan fingerprint density at radius 2 is 1.38 bits per heavy atom. The van der Waals surface area contributed by atoms with E-state index in [1.165, 1.54) is 32.1 Å². The Kier molecular flexibility index (Phi) is 12.6. The zero-order chi connectivity index (χ0) is 28.0. The number of hydrogen-bond acceptors (Lipinski definition) is 5. The van der Waals surface area contributed by atoms with Crippen LogP contribution in [0.2, 0.25) is 0 Å². The van der Waals surface area contributed by atoms with Gasteiger partial charge in [-0.3, -0.25) is 0 Å². The van der Waals surface area contributed by atoms with Gasteiger partial charge in [0.05, 0.1) is 28.8 Å². The lowest BCUT2D eigenvalue weighted by molar-refractivity contribution is 0.0447. The van der Waals surface area contributed by atoms with E-state index in [-0.39, 0.29) is 0 Å². The Morgan fingerprint density at radius 3 is 2.03 bits per heavy atom. The Morgan fingerprint density at radius 1 is 0.769 bits per heavy atom. The average Bonchev–Trinajstić information content (AvgIpc) is 2.96. The SMILES string of the molecule is CCCCCCCCOc1ccc(-c2ccc(C(=O)Oc3ccc(C(=O)OC[C@H](C)CC)cc3Br)cc2)cc1. The maximum absolute atomic E-state index is 12.7. The van der Waals surface area contributed by atoms with E-state index < -0.39 is 11.9 Å². The molecule has 39 heavy (non-hydrogen) atoms. The van der Waals surface area contributed by atoms with Crippen molar-refractivity contribution in [2.24, 2.45) is 5.92 Å². The van der Waals surface area contributed by atoms with Crippen molar-refractivity contribution in [3.63, 3.8) is 0 Å². The molecule has 3 rings (SSSR count). The summed E-state index contributed by atoms with van der Waals surface area (Å²) in [5.74, 6) is 0.624. The van der Waals surface area contributed by atoms with Crippen molar-refractivity contribution in [1.82, 2.24) is 0 Å². The number of benzene rings is 3. The van der Waals surface area contributed by atoms with Crippen LogP contribution >= 0.6 is 15.9 Å². The molecule has 0 saturated heterocycles. The van der Waals surface area contributed by atoms with Gasteiger partial charge in [0, 0.05) is 0 Å². The standard InChI is InChI=1S/C33H39BrO5/c1-4-6-7-8-9-10-21-37-29-18-15-26(16-19-29)25-11-13-27(14-12-25)33(36)39-31-20-17-28(22-30(31)34)32(35)38-23-24(3)5-2/h11-20,22,24H,4-10,21,23H2,1-3H3/t24-/m1/s1. The highest BCUT2D eigenvalue weighted by Gasteiger charge is 2.15. The van der Waals surface area contributed by atoms with Crippen LogP contribution < -0.4 is 9.47 Å². The third kappa shape index (κ3) is 9.85. The normalized spacial score (nSPS) is 11.6. The quantitative estimate of drug-likeness (QED) is 0.0996. The number of rotatable bonds is 15. The van der Waals surface area contributed by atoms with Gasteiger partial charge in [-0.15, -0.1) is 0 Å². The summed E-state index contributed by atoms with van der Waals surface area (Å²) in [5, 5.41) is 0. The maximum atomic E-state index is 12.7.